The first-order valence-electron chi connectivity index (χ1n) is 8.23. The average molecular weight is 320 g/mol. The largest absolute Gasteiger partial charge is 0.444 e. The molecular formula is C17H28N4O2. The molecule has 0 bridgehead atoms. The van der Waals surface area contributed by atoms with Crippen molar-refractivity contribution in [2.45, 2.75) is 58.2 Å². The lowest BCUT2D eigenvalue weighted by Crippen LogP contribution is -2.47. The number of hydrogen-bond acceptors (Lipinski definition) is 5. The molecule has 1 aromatic rings. The van der Waals surface area contributed by atoms with Gasteiger partial charge in [0.15, 0.2) is 0 Å². The first-order valence-corrected chi connectivity index (χ1v) is 8.23. The minimum Gasteiger partial charge on any atom is -0.444 e. The summed E-state index contributed by atoms with van der Waals surface area (Å²) in [6, 6.07) is 0.646. The molecule has 0 radical (unpaired) electrons. The summed E-state index contributed by atoms with van der Waals surface area (Å²) >= 11 is 0. The highest BCUT2D eigenvalue weighted by Gasteiger charge is 2.30. The van der Waals surface area contributed by atoms with Crippen molar-refractivity contribution >= 4 is 6.09 Å². The number of aromatic nitrogens is 2. The molecule has 1 aromatic heterocycles. The smallest absolute Gasteiger partial charge is 0.410 e. The van der Waals surface area contributed by atoms with Gasteiger partial charge in [-0.3, -0.25) is 14.9 Å². The van der Waals surface area contributed by atoms with Gasteiger partial charge < -0.3 is 9.64 Å². The maximum absolute atomic E-state index is 12.1. The number of carbonyl (C=O) groups is 1. The molecule has 1 atom stereocenters. The van der Waals surface area contributed by atoms with Crippen molar-refractivity contribution in [1.82, 2.24) is 19.8 Å². The molecule has 1 amide bonds. The predicted molar refractivity (Wildman–Crippen MR) is 89.0 cm³/mol. The van der Waals surface area contributed by atoms with Crippen LogP contribution in [0.5, 0.6) is 0 Å². The van der Waals surface area contributed by atoms with E-state index < -0.39 is 5.60 Å². The summed E-state index contributed by atoms with van der Waals surface area (Å²) in [6.07, 6.45) is 6.92. The molecule has 0 aromatic carbocycles. The molecule has 0 spiro atoms. The zero-order chi connectivity index (χ0) is 17.0. The van der Waals surface area contributed by atoms with E-state index in [2.05, 4.69) is 28.8 Å². The first kappa shape index (κ1) is 17.7. The summed E-state index contributed by atoms with van der Waals surface area (Å²) in [5.74, 6) is 0. The summed E-state index contributed by atoms with van der Waals surface area (Å²) in [4.78, 5) is 24.8. The first-order chi connectivity index (χ1) is 10.8. The van der Waals surface area contributed by atoms with Crippen LogP contribution in [-0.4, -0.2) is 57.6 Å². The van der Waals surface area contributed by atoms with E-state index in [1.807, 2.05) is 31.9 Å². The number of rotatable bonds is 3. The summed E-state index contributed by atoms with van der Waals surface area (Å²) < 4.78 is 5.44. The van der Waals surface area contributed by atoms with Crippen molar-refractivity contribution in [3.8, 4) is 0 Å². The van der Waals surface area contributed by atoms with Gasteiger partial charge in [0.2, 0.25) is 0 Å². The maximum Gasteiger partial charge on any atom is 0.410 e. The summed E-state index contributed by atoms with van der Waals surface area (Å²) in [5, 5.41) is 0. The number of amides is 1. The van der Waals surface area contributed by atoms with E-state index in [1.165, 1.54) is 0 Å². The Balaban J connectivity index is 1.87. The Labute approximate surface area is 138 Å². The molecule has 128 valence electrons. The van der Waals surface area contributed by atoms with Crippen molar-refractivity contribution in [2.24, 2.45) is 0 Å². The molecule has 2 heterocycles. The molecule has 23 heavy (non-hydrogen) atoms. The minimum atomic E-state index is -0.439. The number of carbonyl (C=O) groups excluding carboxylic acids is 1. The van der Waals surface area contributed by atoms with Crippen LogP contribution in [0.1, 0.15) is 52.3 Å². The van der Waals surface area contributed by atoms with Gasteiger partial charge >= 0.3 is 6.09 Å². The van der Waals surface area contributed by atoms with E-state index >= 15 is 0 Å². The van der Waals surface area contributed by atoms with Crippen LogP contribution in [0.4, 0.5) is 4.79 Å². The fourth-order valence-electron chi connectivity index (χ4n) is 2.83. The van der Waals surface area contributed by atoms with E-state index in [9.17, 15) is 4.79 Å². The Bertz CT molecular complexity index is 507. The SMILES string of the molecule is C[C@@H](c1cnccn1)N(C)C1CCN(C(=O)OC(C)(C)C)CC1. The Morgan fingerprint density at radius 2 is 2.00 bits per heavy atom. The van der Waals surface area contributed by atoms with Crippen LogP contribution < -0.4 is 0 Å². The van der Waals surface area contributed by atoms with Crippen molar-refractivity contribution in [3.05, 3.63) is 24.3 Å². The third kappa shape index (κ3) is 4.89. The van der Waals surface area contributed by atoms with Crippen molar-refractivity contribution < 1.29 is 9.53 Å². The van der Waals surface area contributed by atoms with E-state index in [0.717, 1.165) is 31.6 Å². The van der Waals surface area contributed by atoms with E-state index in [-0.39, 0.29) is 12.1 Å². The van der Waals surface area contributed by atoms with Gasteiger partial charge in [-0.15, -0.1) is 0 Å². The molecular weight excluding hydrogens is 292 g/mol. The summed E-state index contributed by atoms with van der Waals surface area (Å²) in [7, 11) is 2.12. The standard InChI is InChI=1S/C17H28N4O2/c1-13(15-12-18-8-9-19-15)20(5)14-6-10-21(11-7-14)16(22)23-17(2,3)4/h8-9,12-14H,6-7,10-11H2,1-5H3/t13-/m0/s1. The predicted octanol–water partition coefficient (Wildman–Crippen LogP) is 2.87. The van der Waals surface area contributed by atoms with Crippen LogP contribution in [0.15, 0.2) is 18.6 Å². The molecule has 0 unspecified atom stereocenters. The van der Waals surface area contributed by atoms with Gasteiger partial charge in [0, 0.05) is 37.7 Å². The van der Waals surface area contributed by atoms with Crippen molar-refractivity contribution in [2.75, 3.05) is 20.1 Å². The highest BCUT2D eigenvalue weighted by atomic mass is 16.6. The average Bonchev–Trinajstić information content (AvgIpc) is 2.53. The lowest BCUT2D eigenvalue weighted by Gasteiger charge is -2.39. The second-order valence-electron chi connectivity index (χ2n) is 7.17. The summed E-state index contributed by atoms with van der Waals surface area (Å²) in [5.41, 5.74) is 0.537. The second-order valence-corrected chi connectivity index (χ2v) is 7.17. The third-order valence-electron chi connectivity index (χ3n) is 4.31. The Morgan fingerprint density at radius 1 is 1.35 bits per heavy atom. The lowest BCUT2D eigenvalue weighted by atomic mass is 10.0. The number of nitrogens with zero attached hydrogens (tertiary/aromatic N) is 4. The molecule has 1 fully saturated rings. The van der Waals surface area contributed by atoms with Gasteiger partial charge in [-0.1, -0.05) is 0 Å². The van der Waals surface area contributed by atoms with Gasteiger partial charge in [0.05, 0.1) is 11.7 Å². The zero-order valence-electron chi connectivity index (χ0n) is 14.8. The van der Waals surface area contributed by atoms with Gasteiger partial charge in [0.1, 0.15) is 5.60 Å². The van der Waals surface area contributed by atoms with Crippen LogP contribution in [0.3, 0.4) is 0 Å². The molecule has 1 aliphatic rings. The normalized spacial score (nSPS) is 18.1. The highest BCUT2D eigenvalue weighted by Crippen LogP contribution is 2.24. The van der Waals surface area contributed by atoms with Crippen LogP contribution in [0, 0.1) is 0 Å². The number of piperidine rings is 1. The lowest BCUT2D eigenvalue weighted by molar-refractivity contribution is 0.0136. The Morgan fingerprint density at radius 3 is 2.52 bits per heavy atom. The molecule has 6 heteroatoms. The summed E-state index contributed by atoms with van der Waals surface area (Å²) in [6.45, 7) is 9.30. The zero-order valence-corrected chi connectivity index (χ0v) is 14.8. The van der Waals surface area contributed by atoms with Crippen LogP contribution in [0.2, 0.25) is 0 Å². The van der Waals surface area contributed by atoms with E-state index in [1.54, 1.807) is 12.4 Å². The Hall–Kier alpha value is -1.69. The molecule has 0 saturated carbocycles. The van der Waals surface area contributed by atoms with Gasteiger partial charge in [0.25, 0.3) is 0 Å². The van der Waals surface area contributed by atoms with Gasteiger partial charge in [-0.05, 0) is 47.6 Å². The quantitative estimate of drug-likeness (QED) is 0.857. The number of hydrogen-bond donors (Lipinski definition) is 0. The molecule has 0 N–H and O–H groups in total. The maximum atomic E-state index is 12.1. The molecule has 1 saturated heterocycles. The van der Waals surface area contributed by atoms with Gasteiger partial charge in [-0.25, -0.2) is 4.79 Å². The van der Waals surface area contributed by atoms with Crippen molar-refractivity contribution in [3.63, 3.8) is 0 Å². The molecule has 2 rings (SSSR count). The monoisotopic (exact) mass is 320 g/mol. The van der Waals surface area contributed by atoms with Crippen LogP contribution >= 0.6 is 0 Å². The molecule has 0 aliphatic carbocycles. The van der Waals surface area contributed by atoms with Crippen LogP contribution in [-0.2, 0) is 4.74 Å². The third-order valence-corrected chi connectivity index (χ3v) is 4.31. The van der Waals surface area contributed by atoms with Crippen molar-refractivity contribution in [1.29, 1.82) is 0 Å². The fraction of sp³-hybridized carbons (Fsp3) is 0.706. The topological polar surface area (TPSA) is 58.6 Å². The second kappa shape index (κ2) is 7.25. The molecule has 6 nitrogen and oxygen atoms in total. The Kier molecular flexibility index (Phi) is 5.57. The van der Waals surface area contributed by atoms with Gasteiger partial charge in [-0.2, -0.15) is 0 Å². The fourth-order valence-corrected chi connectivity index (χ4v) is 2.83. The number of ether oxygens (including phenoxy) is 1. The van der Waals surface area contributed by atoms with Crippen LogP contribution in [0.25, 0.3) is 0 Å². The van der Waals surface area contributed by atoms with E-state index in [0.29, 0.717) is 6.04 Å². The highest BCUT2D eigenvalue weighted by molar-refractivity contribution is 5.68. The minimum absolute atomic E-state index is 0.208. The van der Waals surface area contributed by atoms with E-state index in [4.69, 9.17) is 4.74 Å². The molecule has 1 aliphatic heterocycles. The number of likely N-dealkylation sites (tertiary alicyclic amines) is 1.